The molecule has 0 aromatic rings. The lowest BCUT2D eigenvalue weighted by molar-refractivity contribution is 0.00664. The Labute approximate surface area is 111 Å². The Morgan fingerprint density at radius 3 is 2.33 bits per heavy atom. The molecule has 4 atom stereocenters. The summed E-state index contributed by atoms with van der Waals surface area (Å²) in [7, 11) is -0.957. The van der Waals surface area contributed by atoms with Gasteiger partial charge in [0.25, 0.3) is 0 Å². The zero-order valence-corrected chi connectivity index (χ0v) is 13.0. The second kappa shape index (κ2) is 5.21. The highest BCUT2D eigenvalue weighted by Crippen LogP contribution is 2.37. The van der Waals surface area contributed by atoms with E-state index in [1.807, 2.05) is 0 Å². The van der Waals surface area contributed by atoms with Gasteiger partial charge in [-0.25, -0.2) is 0 Å². The molecule has 2 rings (SSSR count). The van der Waals surface area contributed by atoms with E-state index in [0.717, 1.165) is 0 Å². The standard InChI is InChI=1S/C13H25O4Si/c1-8(2)18(13(3,4)5)17-10-7-16-11-9(14)6-15-12(10)11/h8-12,14H,6-7H2,1-5H3/t9-,10-,11-,12-/m1/s1. The van der Waals surface area contributed by atoms with Crippen LogP contribution in [0.3, 0.4) is 0 Å². The van der Waals surface area contributed by atoms with Crippen molar-refractivity contribution in [3.63, 3.8) is 0 Å². The maximum Gasteiger partial charge on any atom is 0.220 e. The van der Waals surface area contributed by atoms with Crippen LogP contribution in [0, 0.1) is 0 Å². The van der Waals surface area contributed by atoms with Gasteiger partial charge in [0.2, 0.25) is 9.04 Å². The third-order valence-corrected chi connectivity index (χ3v) is 6.61. The fourth-order valence-electron chi connectivity index (χ4n) is 2.89. The summed E-state index contributed by atoms with van der Waals surface area (Å²) in [6, 6.07) is 0. The van der Waals surface area contributed by atoms with E-state index in [2.05, 4.69) is 34.6 Å². The molecule has 0 aliphatic carbocycles. The van der Waals surface area contributed by atoms with Crippen LogP contribution in [-0.4, -0.2) is 51.8 Å². The number of hydrogen-bond donors (Lipinski definition) is 1. The second-order valence-corrected chi connectivity index (χ2v) is 10.2. The van der Waals surface area contributed by atoms with Crippen LogP contribution in [-0.2, 0) is 13.9 Å². The van der Waals surface area contributed by atoms with Crippen LogP contribution >= 0.6 is 0 Å². The van der Waals surface area contributed by atoms with Gasteiger partial charge in [0.15, 0.2) is 0 Å². The minimum atomic E-state index is -0.957. The first-order valence-electron chi connectivity index (χ1n) is 6.76. The Hall–Kier alpha value is 0.0569. The molecule has 2 aliphatic heterocycles. The van der Waals surface area contributed by atoms with Crippen molar-refractivity contribution >= 4 is 9.04 Å². The summed E-state index contributed by atoms with van der Waals surface area (Å²) in [5, 5.41) is 9.91. The lowest BCUT2D eigenvalue weighted by Crippen LogP contribution is -2.41. The molecule has 5 heteroatoms. The average Bonchev–Trinajstić information content (AvgIpc) is 2.77. The highest BCUT2D eigenvalue weighted by atomic mass is 28.3. The van der Waals surface area contributed by atoms with Crippen LogP contribution in [0.25, 0.3) is 0 Å². The number of ether oxygens (including phenoxy) is 2. The van der Waals surface area contributed by atoms with E-state index < -0.39 is 15.1 Å². The van der Waals surface area contributed by atoms with Gasteiger partial charge in [0, 0.05) is 0 Å². The smallest absolute Gasteiger partial charge is 0.220 e. The van der Waals surface area contributed by atoms with E-state index in [-0.39, 0.29) is 23.4 Å². The van der Waals surface area contributed by atoms with Gasteiger partial charge in [-0.2, -0.15) is 0 Å². The van der Waals surface area contributed by atoms with Gasteiger partial charge in [-0.3, -0.25) is 0 Å². The highest BCUT2D eigenvalue weighted by molar-refractivity contribution is 6.56. The summed E-state index contributed by atoms with van der Waals surface area (Å²) in [4.78, 5) is 0. The Morgan fingerprint density at radius 1 is 1.17 bits per heavy atom. The molecule has 18 heavy (non-hydrogen) atoms. The van der Waals surface area contributed by atoms with Crippen LogP contribution in [0.1, 0.15) is 34.6 Å². The molecule has 2 fully saturated rings. The van der Waals surface area contributed by atoms with Crippen molar-refractivity contribution in [1.82, 2.24) is 0 Å². The number of rotatable bonds is 3. The van der Waals surface area contributed by atoms with E-state index in [4.69, 9.17) is 13.9 Å². The Balaban J connectivity index is 2.01. The number of aliphatic hydroxyl groups excluding tert-OH is 1. The molecule has 0 saturated carbocycles. The fourth-order valence-corrected chi connectivity index (χ4v) is 5.77. The lowest BCUT2D eigenvalue weighted by atomic mass is 10.1. The molecular weight excluding hydrogens is 248 g/mol. The molecule has 0 aromatic carbocycles. The summed E-state index contributed by atoms with van der Waals surface area (Å²) in [6.45, 7) is 12.1. The molecule has 105 valence electrons. The molecule has 2 saturated heterocycles. The molecule has 4 nitrogen and oxygen atoms in total. The summed E-state index contributed by atoms with van der Waals surface area (Å²) in [5.41, 5.74) is 0.542. The summed E-state index contributed by atoms with van der Waals surface area (Å²) in [5.74, 6) is 0. The van der Waals surface area contributed by atoms with Crippen molar-refractivity contribution in [3.05, 3.63) is 0 Å². The van der Waals surface area contributed by atoms with Crippen molar-refractivity contribution in [3.8, 4) is 0 Å². The van der Waals surface area contributed by atoms with E-state index >= 15 is 0 Å². The molecule has 0 spiro atoms. The minimum absolute atomic E-state index is 0.0114. The summed E-state index contributed by atoms with van der Waals surface area (Å²) in [6.07, 6.45) is -0.776. The van der Waals surface area contributed by atoms with Crippen LogP contribution in [0.4, 0.5) is 0 Å². The van der Waals surface area contributed by atoms with Crippen LogP contribution in [0.2, 0.25) is 10.6 Å². The zero-order valence-electron chi connectivity index (χ0n) is 12.0. The maximum atomic E-state index is 9.72. The second-order valence-electron chi connectivity index (χ2n) is 6.59. The Bertz CT molecular complexity index is 289. The molecule has 0 aromatic heterocycles. The van der Waals surface area contributed by atoms with E-state index in [0.29, 0.717) is 18.8 Å². The largest absolute Gasteiger partial charge is 0.408 e. The highest BCUT2D eigenvalue weighted by Gasteiger charge is 2.49. The van der Waals surface area contributed by atoms with Crippen LogP contribution in [0.5, 0.6) is 0 Å². The van der Waals surface area contributed by atoms with Crippen LogP contribution in [0.15, 0.2) is 0 Å². The first kappa shape index (κ1) is 14.5. The van der Waals surface area contributed by atoms with Crippen molar-refractivity contribution in [2.24, 2.45) is 0 Å². The van der Waals surface area contributed by atoms with Gasteiger partial charge in [-0.05, 0) is 10.6 Å². The third-order valence-electron chi connectivity index (χ3n) is 3.52. The third kappa shape index (κ3) is 2.80. The maximum absolute atomic E-state index is 9.72. The predicted molar refractivity (Wildman–Crippen MR) is 70.9 cm³/mol. The predicted octanol–water partition coefficient (Wildman–Crippen LogP) is 1.73. The monoisotopic (exact) mass is 273 g/mol. The first-order valence-corrected chi connectivity index (χ1v) is 8.24. The van der Waals surface area contributed by atoms with Gasteiger partial charge in [0.05, 0.1) is 19.3 Å². The number of aliphatic hydroxyl groups is 1. The normalized spacial score (nSPS) is 36.7. The van der Waals surface area contributed by atoms with Crippen molar-refractivity contribution in [1.29, 1.82) is 0 Å². The first-order chi connectivity index (χ1) is 8.30. The lowest BCUT2D eigenvalue weighted by Gasteiger charge is -2.34. The van der Waals surface area contributed by atoms with Crippen molar-refractivity contribution in [2.45, 2.75) is 69.6 Å². The fraction of sp³-hybridized carbons (Fsp3) is 1.00. The molecule has 2 heterocycles. The Morgan fingerprint density at radius 2 is 1.78 bits per heavy atom. The molecular formula is C13H25O4Si. The molecule has 0 unspecified atom stereocenters. The van der Waals surface area contributed by atoms with E-state index in [9.17, 15) is 5.11 Å². The zero-order chi connectivity index (χ0) is 13.5. The summed E-state index contributed by atoms with van der Waals surface area (Å²) >= 11 is 0. The van der Waals surface area contributed by atoms with Crippen molar-refractivity contribution < 1.29 is 19.0 Å². The number of hydrogen-bond acceptors (Lipinski definition) is 4. The van der Waals surface area contributed by atoms with Crippen molar-refractivity contribution in [2.75, 3.05) is 13.2 Å². The SMILES string of the molecule is CC(C)[Si](O[C@@H]1CO[C@H]2[C@@H]1OC[C@H]2O)C(C)(C)C. The van der Waals surface area contributed by atoms with Gasteiger partial charge in [-0.1, -0.05) is 34.6 Å². The number of fused-ring (bicyclic) bond motifs is 1. The molecule has 1 radical (unpaired) electrons. The van der Waals surface area contributed by atoms with Crippen LogP contribution < -0.4 is 0 Å². The molecule has 0 bridgehead atoms. The van der Waals surface area contributed by atoms with Gasteiger partial charge >= 0.3 is 0 Å². The Kier molecular flexibility index (Phi) is 4.19. The molecule has 0 amide bonds. The van der Waals surface area contributed by atoms with E-state index in [1.165, 1.54) is 0 Å². The molecule has 2 aliphatic rings. The quantitative estimate of drug-likeness (QED) is 0.796. The summed E-state index contributed by atoms with van der Waals surface area (Å²) < 4.78 is 17.6. The topological polar surface area (TPSA) is 47.9 Å². The minimum Gasteiger partial charge on any atom is -0.408 e. The van der Waals surface area contributed by atoms with E-state index in [1.54, 1.807) is 0 Å². The molecule has 1 N–H and O–H groups in total. The van der Waals surface area contributed by atoms with Gasteiger partial charge in [-0.15, -0.1) is 0 Å². The van der Waals surface area contributed by atoms with Gasteiger partial charge in [0.1, 0.15) is 18.3 Å². The van der Waals surface area contributed by atoms with Gasteiger partial charge < -0.3 is 19.0 Å². The average molecular weight is 273 g/mol.